The Bertz CT molecular complexity index is 1340. The molecule has 2 aliphatic rings. The maximum atomic E-state index is 11.5. The molecule has 1 atom stereocenters. The van der Waals surface area contributed by atoms with Gasteiger partial charge in [0.25, 0.3) is 0 Å². The monoisotopic (exact) mass is 462 g/mol. The predicted octanol–water partition coefficient (Wildman–Crippen LogP) is 5.88. The molecule has 0 bridgehead atoms. The molecule has 2 heterocycles. The van der Waals surface area contributed by atoms with E-state index in [1.54, 1.807) is 18.2 Å². The van der Waals surface area contributed by atoms with E-state index in [2.05, 4.69) is 17.4 Å². The summed E-state index contributed by atoms with van der Waals surface area (Å²) >= 11 is 12.3. The summed E-state index contributed by atoms with van der Waals surface area (Å²) in [7, 11) is 0. The molecule has 1 spiro atoms. The van der Waals surface area contributed by atoms with Crippen LogP contribution in [0.2, 0.25) is 10.0 Å². The minimum absolute atomic E-state index is 0.00470. The Morgan fingerprint density at radius 3 is 2.12 bits per heavy atom. The molecule has 0 amide bonds. The summed E-state index contributed by atoms with van der Waals surface area (Å²) in [5.74, 6) is 0.0275. The smallest absolute Gasteiger partial charge is 0.204 e. The summed E-state index contributed by atoms with van der Waals surface area (Å²) in [5.41, 5.74) is 5.02. The molecule has 4 nitrogen and oxygen atoms in total. The van der Waals surface area contributed by atoms with Crippen LogP contribution in [-0.4, -0.2) is 14.8 Å². The fraction of sp³-hybridized carbons (Fsp3) is 0.154. The Kier molecular flexibility index (Phi) is 4.34. The topological polar surface area (TPSA) is 57.4 Å². The van der Waals surface area contributed by atoms with Crippen LogP contribution in [-0.2, 0) is 18.4 Å². The second kappa shape index (κ2) is 7.04. The Morgan fingerprint density at radius 2 is 1.47 bits per heavy atom. The van der Waals surface area contributed by atoms with Gasteiger partial charge in [0.15, 0.2) is 0 Å². The quantitative estimate of drug-likeness (QED) is 0.348. The summed E-state index contributed by atoms with van der Waals surface area (Å²) in [6, 6.07) is 23.2. The van der Waals surface area contributed by atoms with E-state index in [9.17, 15) is 10.2 Å². The van der Waals surface area contributed by atoms with Gasteiger partial charge in [-0.25, -0.2) is 0 Å². The number of hydrogen-bond donors (Lipinski definition) is 3. The standard InChI is InChI=1S/C26H20Cl2N2O2/c27-19-11-10-18(12-20(19)28)30-24(31)21-22(25(30)32)26(13-16-8-4-5-9-17(16)14-26)29-23(21)15-6-2-1-3-7-15/h1-12,23,29,31-32H,13-14H2. The highest BCUT2D eigenvalue weighted by molar-refractivity contribution is 6.42. The van der Waals surface area contributed by atoms with Crippen LogP contribution in [0.15, 0.2) is 72.8 Å². The van der Waals surface area contributed by atoms with Crippen LogP contribution in [0.1, 0.15) is 33.9 Å². The van der Waals surface area contributed by atoms with Gasteiger partial charge in [-0.1, -0.05) is 77.8 Å². The van der Waals surface area contributed by atoms with Gasteiger partial charge >= 0.3 is 0 Å². The van der Waals surface area contributed by atoms with Gasteiger partial charge < -0.3 is 10.2 Å². The van der Waals surface area contributed by atoms with Crippen molar-refractivity contribution in [3.05, 3.63) is 111 Å². The van der Waals surface area contributed by atoms with Crippen LogP contribution < -0.4 is 5.32 Å². The molecule has 160 valence electrons. The minimum atomic E-state index is -0.511. The SMILES string of the molecule is Oc1c2c(c(O)n1-c1ccc(Cl)c(Cl)c1)C1(Cc3ccccc3C1)NC2c1ccccc1. The van der Waals surface area contributed by atoms with E-state index in [-0.39, 0.29) is 17.8 Å². The van der Waals surface area contributed by atoms with E-state index in [0.29, 0.717) is 21.3 Å². The molecular weight excluding hydrogens is 443 g/mol. The van der Waals surface area contributed by atoms with Crippen molar-refractivity contribution in [1.29, 1.82) is 0 Å². The van der Waals surface area contributed by atoms with Crippen molar-refractivity contribution in [2.24, 2.45) is 0 Å². The third-order valence-electron chi connectivity index (χ3n) is 6.74. The van der Waals surface area contributed by atoms with Crippen molar-refractivity contribution >= 4 is 23.2 Å². The summed E-state index contributed by atoms with van der Waals surface area (Å²) < 4.78 is 1.47. The number of aromatic hydroxyl groups is 2. The van der Waals surface area contributed by atoms with Crippen LogP contribution in [0.25, 0.3) is 5.69 Å². The molecule has 1 aliphatic heterocycles. The van der Waals surface area contributed by atoms with Crippen molar-refractivity contribution in [2.45, 2.75) is 24.4 Å². The molecule has 1 unspecified atom stereocenters. The zero-order valence-corrected chi connectivity index (χ0v) is 18.5. The van der Waals surface area contributed by atoms with Gasteiger partial charge in [0.1, 0.15) is 0 Å². The van der Waals surface area contributed by atoms with Gasteiger partial charge in [-0.2, -0.15) is 0 Å². The molecule has 6 heteroatoms. The second-order valence-corrected chi connectivity index (χ2v) is 9.38. The van der Waals surface area contributed by atoms with Crippen molar-refractivity contribution in [1.82, 2.24) is 9.88 Å². The average Bonchev–Trinajstić information content (AvgIpc) is 3.42. The Hall–Kier alpha value is -2.92. The van der Waals surface area contributed by atoms with Crippen molar-refractivity contribution in [3.63, 3.8) is 0 Å². The molecule has 1 aromatic heterocycles. The first kappa shape index (κ1) is 19.7. The molecule has 0 saturated carbocycles. The van der Waals surface area contributed by atoms with E-state index < -0.39 is 5.54 Å². The second-order valence-electron chi connectivity index (χ2n) is 8.56. The first-order valence-corrected chi connectivity index (χ1v) is 11.3. The lowest BCUT2D eigenvalue weighted by Gasteiger charge is -2.28. The highest BCUT2D eigenvalue weighted by Gasteiger charge is 2.52. The van der Waals surface area contributed by atoms with Crippen LogP contribution in [0.4, 0.5) is 0 Å². The van der Waals surface area contributed by atoms with E-state index in [1.165, 1.54) is 15.7 Å². The number of aromatic nitrogens is 1. The van der Waals surface area contributed by atoms with Gasteiger partial charge in [0.2, 0.25) is 11.8 Å². The van der Waals surface area contributed by atoms with Crippen molar-refractivity contribution < 1.29 is 10.2 Å². The van der Waals surface area contributed by atoms with Gasteiger partial charge in [-0.3, -0.25) is 9.88 Å². The van der Waals surface area contributed by atoms with Gasteiger partial charge in [-0.05, 0) is 47.7 Å². The molecule has 4 aromatic rings. The van der Waals surface area contributed by atoms with E-state index in [4.69, 9.17) is 23.2 Å². The maximum Gasteiger partial charge on any atom is 0.204 e. The van der Waals surface area contributed by atoms with Crippen molar-refractivity contribution in [2.75, 3.05) is 0 Å². The largest absolute Gasteiger partial charge is 0.494 e. The van der Waals surface area contributed by atoms with Crippen LogP contribution in [0.5, 0.6) is 11.8 Å². The average molecular weight is 463 g/mol. The van der Waals surface area contributed by atoms with Crippen molar-refractivity contribution in [3.8, 4) is 17.4 Å². The molecular formula is C26H20Cl2N2O2. The molecule has 32 heavy (non-hydrogen) atoms. The molecule has 6 rings (SSSR count). The third kappa shape index (κ3) is 2.73. The molecule has 3 N–H and O–H groups in total. The molecule has 0 radical (unpaired) electrons. The van der Waals surface area contributed by atoms with E-state index in [1.807, 2.05) is 42.5 Å². The van der Waals surface area contributed by atoms with Gasteiger partial charge in [0, 0.05) is 11.1 Å². The zero-order chi connectivity index (χ0) is 22.0. The summed E-state index contributed by atoms with van der Waals surface area (Å²) in [6.07, 6.45) is 1.47. The fourth-order valence-electron chi connectivity index (χ4n) is 5.39. The lowest BCUT2D eigenvalue weighted by molar-refractivity contribution is 0.330. The summed E-state index contributed by atoms with van der Waals surface area (Å²) in [6.45, 7) is 0. The molecule has 0 fully saturated rings. The number of nitrogens with one attached hydrogen (secondary N) is 1. The minimum Gasteiger partial charge on any atom is -0.494 e. The highest BCUT2D eigenvalue weighted by Crippen LogP contribution is 2.56. The molecule has 0 saturated heterocycles. The first-order chi connectivity index (χ1) is 15.5. The third-order valence-corrected chi connectivity index (χ3v) is 7.48. The number of hydrogen-bond acceptors (Lipinski definition) is 3. The Balaban J connectivity index is 1.59. The number of benzene rings is 3. The maximum absolute atomic E-state index is 11.5. The lowest BCUT2D eigenvalue weighted by Crippen LogP contribution is -2.39. The lowest BCUT2D eigenvalue weighted by atomic mass is 9.89. The first-order valence-electron chi connectivity index (χ1n) is 10.5. The Morgan fingerprint density at radius 1 is 0.812 bits per heavy atom. The van der Waals surface area contributed by atoms with E-state index >= 15 is 0 Å². The summed E-state index contributed by atoms with van der Waals surface area (Å²) in [5, 5.41) is 27.5. The fourth-order valence-corrected chi connectivity index (χ4v) is 5.68. The normalized spacial score (nSPS) is 18.1. The molecule has 3 aromatic carbocycles. The summed E-state index contributed by atoms with van der Waals surface area (Å²) in [4.78, 5) is 0. The number of fused-ring (bicyclic) bond motifs is 3. The van der Waals surface area contributed by atoms with Crippen LogP contribution >= 0.6 is 23.2 Å². The zero-order valence-electron chi connectivity index (χ0n) is 17.0. The van der Waals surface area contributed by atoms with Crippen LogP contribution in [0, 0.1) is 0 Å². The number of rotatable bonds is 2. The van der Waals surface area contributed by atoms with Gasteiger partial charge in [0.05, 0.1) is 27.3 Å². The predicted molar refractivity (Wildman–Crippen MR) is 126 cm³/mol. The van der Waals surface area contributed by atoms with Crippen LogP contribution in [0.3, 0.4) is 0 Å². The number of nitrogens with zero attached hydrogens (tertiary/aromatic N) is 1. The van der Waals surface area contributed by atoms with E-state index in [0.717, 1.165) is 24.0 Å². The number of halogens is 2. The molecule has 1 aliphatic carbocycles. The van der Waals surface area contributed by atoms with Gasteiger partial charge in [-0.15, -0.1) is 0 Å². The Labute approximate surface area is 195 Å². The highest BCUT2D eigenvalue weighted by atomic mass is 35.5.